The van der Waals surface area contributed by atoms with E-state index in [4.69, 9.17) is 5.11 Å². The minimum absolute atomic E-state index is 0.0911. The molecule has 0 saturated carbocycles. The van der Waals surface area contributed by atoms with Gasteiger partial charge >= 0.3 is 0 Å². The van der Waals surface area contributed by atoms with Gasteiger partial charge in [0.15, 0.2) is 0 Å². The summed E-state index contributed by atoms with van der Waals surface area (Å²) < 4.78 is 1.76. The molecular weight excluding hydrogens is 256 g/mol. The molecule has 1 aliphatic carbocycles. The summed E-state index contributed by atoms with van der Waals surface area (Å²) in [5, 5.41) is 16.8. The number of hydrogen-bond acceptors (Lipinski definition) is 6. The quantitative estimate of drug-likeness (QED) is 0.845. The number of aromatic nitrogens is 4. The fraction of sp³-hybridized carbons (Fsp3) is 0.615. The first-order chi connectivity index (χ1) is 9.70. The fourth-order valence-electron chi connectivity index (χ4n) is 2.58. The molecule has 7 nitrogen and oxygen atoms in total. The number of fused-ring (bicyclic) bond motifs is 2. The highest BCUT2D eigenvalue weighted by Crippen LogP contribution is 2.27. The highest BCUT2D eigenvalue weighted by molar-refractivity contribution is 5.55. The number of aryl methyl sites for hydroxylation is 1. The summed E-state index contributed by atoms with van der Waals surface area (Å²) in [6.45, 7) is 0.594. The second-order valence-electron chi connectivity index (χ2n) is 5.26. The van der Waals surface area contributed by atoms with Gasteiger partial charge in [0.2, 0.25) is 5.95 Å². The normalized spacial score (nSPS) is 14.3. The zero-order valence-electron chi connectivity index (χ0n) is 11.9. The number of anilines is 2. The van der Waals surface area contributed by atoms with Gasteiger partial charge in [0.05, 0.1) is 12.3 Å². The third kappa shape index (κ3) is 2.18. The molecule has 2 heterocycles. The van der Waals surface area contributed by atoms with E-state index in [1.54, 1.807) is 4.52 Å². The molecule has 0 spiro atoms. The Kier molecular flexibility index (Phi) is 3.43. The maximum Gasteiger partial charge on any atom is 0.256 e. The van der Waals surface area contributed by atoms with Crippen molar-refractivity contribution in [3.05, 3.63) is 11.3 Å². The second kappa shape index (κ2) is 5.24. The lowest BCUT2D eigenvalue weighted by atomic mass is 9.96. The van der Waals surface area contributed by atoms with Crippen LogP contribution < -0.4 is 10.2 Å². The molecule has 3 rings (SSSR count). The van der Waals surface area contributed by atoms with E-state index in [9.17, 15) is 0 Å². The van der Waals surface area contributed by atoms with Gasteiger partial charge in [-0.15, -0.1) is 5.10 Å². The highest BCUT2D eigenvalue weighted by Gasteiger charge is 2.20. The van der Waals surface area contributed by atoms with Crippen LogP contribution in [0.3, 0.4) is 0 Å². The molecular formula is C13H20N6O. The summed E-state index contributed by atoms with van der Waals surface area (Å²) >= 11 is 0. The third-order valence-electron chi connectivity index (χ3n) is 3.55. The van der Waals surface area contributed by atoms with Crippen molar-refractivity contribution in [1.29, 1.82) is 0 Å². The largest absolute Gasteiger partial charge is 0.395 e. The summed E-state index contributed by atoms with van der Waals surface area (Å²) in [5.41, 5.74) is 2.33. The smallest absolute Gasteiger partial charge is 0.256 e. The maximum atomic E-state index is 9.07. The number of hydrogen-bond donors (Lipinski definition) is 2. The third-order valence-corrected chi connectivity index (χ3v) is 3.55. The molecule has 20 heavy (non-hydrogen) atoms. The van der Waals surface area contributed by atoms with Crippen molar-refractivity contribution in [3.63, 3.8) is 0 Å². The summed E-state index contributed by atoms with van der Waals surface area (Å²) in [6.07, 6.45) is 4.33. The SMILES string of the molecule is CN(C)c1nc2nc3c(c(NCCO)n2n1)CCCC3. The fourth-order valence-corrected chi connectivity index (χ4v) is 2.58. The van der Waals surface area contributed by atoms with Crippen LogP contribution in [0.15, 0.2) is 0 Å². The van der Waals surface area contributed by atoms with Gasteiger partial charge in [-0.25, -0.2) is 4.98 Å². The molecule has 2 aromatic heterocycles. The Morgan fingerprint density at radius 1 is 1.25 bits per heavy atom. The van der Waals surface area contributed by atoms with Crippen molar-refractivity contribution in [3.8, 4) is 0 Å². The minimum atomic E-state index is 0.0911. The van der Waals surface area contributed by atoms with E-state index in [0.29, 0.717) is 18.3 Å². The van der Waals surface area contributed by atoms with Crippen molar-refractivity contribution >= 4 is 17.5 Å². The minimum Gasteiger partial charge on any atom is -0.395 e. The molecule has 2 N–H and O–H groups in total. The van der Waals surface area contributed by atoms with Crippen molar-refractivity contribution in [1.82, 2.24) is 19.6 Å². The number of nitrogens with zero attached hydrogens (tertiary/aromatic N) is 5. The first kappa shape index (κ1) is 13.1. The Balaban J connectivity index is 2.17. The van der Waals surface area contributed by atoms with E-state index < -0.39 is 0 Å². The van der Waals surface area contributed by atoms with E-state index in [1.165, 1.54) is 18.4 Å². The molecule has 0 unspecified atom stereocenters. The predicted octanol–water partition coefficient (Wildman–Crippen LogP) is 0.473. The number of nitrogens with one attached hydrogen (secondary N) is 1. The lowest BCUT2D eigenvalue weighted by Crippen LogP contribution is -2.17. The molecule has 0 radical (unpaired) electrons. The van der Waals surface area contributed by atoms with Crippen molar-refractivity contribution < 1.29 is 5.11 Å². The molecule has 0 amide bonds. The van der Waals surface area contributed by atoms with Gasteiger partial charge in [-0.1, -0.05) is 0 Å². The van der Waals surface area contributed by atoms with Gasteiger partial charge in [0.25, 0.3) is 5.78 Å². The molecule has 0 fully saturated rings. The number of aliphatic hydroxyl groups is 1. The molecule has 0 atom stereocenters. The summed E-state index contributed by atoms with van der Waals surface area (Å²) in [4.78, 5) is 11.0. The zero-order valence-corrected chi connectivity index (χ0v) is 11.9. The van der Waals surface area contributed by atoms with Crippen molar-refractivity contribution in [2.75, 3.05) is 37.5 Å². The van der Waals surface area contributed by atoms with Gasteiger partial charge in [0, 0.05) is 26.2 Å². The average Bonchev–Trinajstić information content (AvgIpc) is 2.87. The Morgan fingerprint density at radius 2 is 2.05 bits per heavy atom. The van der Waals surface area contributed by atoms with E-state index >= 15 is 0 Å². The first-order valence-electron chi connectivity index (χ1n) is 7.01. The Hall–Kier alpha value is -1.89. The van der Waals surface area contributed by atoms with Crippen LogP contribution in [0.5, 0.6) is 0 Å². The summed E-state index contributed by atoms with van der Waals surface area (Å²) in [7, 11) is 3.82. The molecule has 0 bridgehead atoms. The molecule has 0 saturated heterocycles. The van der Waals surface area contributed by atoms with E-state index in [0.717, 1.165) is 24.4 Å². The van der Waals surface area contributed by atoms with E-state index in [-0.39, 0.29) is 6.61 Å². The molecule has 108 valence electrons. The summed E-state index contributed by atoms with van der Waals surface area (Å²) in [5.74, 6) is 2.20. The highest BCUT2D eigenvalue weighted by atomic mass is 16.3. The van der Waals surface area contributed by atoms with Gasteiger partial charge in [-0.3, -0.25) is 0 Å². The van der Waals surface area contributed by atoms with Crippen LogP contribution in [-0.2, 0) is 12.8 Å². The topological polar surface area (TPSA) is 78.6 Å². The summed E-state index contributed by atoms with van der Waals surface area (Å²) in [6, 6.07) is 0. The van der Waals surface area contributed by atoms with Gasteiger partial charge in [-0.05, 0) is 25.7 Å². The maximum absolute atomic E-state index is 9.07. The van der Waals surface area contributed by atoms with Crippen LogP contribution in [0.25, 0.3) is 5.78 Å². The first-order valence-corrected chi connectivity index (χ1v) is 7.01. The lowest BCUT2D eigenvalue weighted by Gasteiger charge is -2.19. The van der Waals surface area contributed by atoms with Crippen molar-refractivity contribution in [2.24, 2.45) is 0 Å². The van der Waals surface area contributed by atoms with Gasteiger partial charge in [-0.2, -0.15) is 9.50 Å². The number of aliphatic hydroxyl groups excluding tert-OH is 1. The molecule has 2 aromatic rings. The monoisotopic (exact) mass is 276 g/mol. The van der Waals surface area contributed by atoms with Gasteiger partial charge in [0.1, 0.15) is 5.82 Å². The van der Waals surface area contributed by atoms with Gasteiger partial charge < -0.3 is 15.3 Å². The van der Waals surface area contributed by atoms with Crippen LogP contribution in [0.4, 0.5) is 11.8 Å². The second-order valence-corrected chi connectivity index (χ2v) is 5.26. The molecule has 0 aromatic carbocycles. The zero-order chi connectivity index (χ0) is 14.1. The van der Waals surface area contributed by atoms with Crippen LogP contribution in [-0.4, -0.2) is 51.9 Å². The van der Waals surface area contributed by atoms with Crippen molar-refractivity contribution in [2.45, 2.75) is 25.7 Å². The molecule has 7 heteroatoms. The molecule has 0 aliphatic heterocycles. The Morgan fingerprint density at radius 3 is 2.80 bits per heavy atom. The number of rotatable bonds is 4. The van der Waals surface area contributed by atoms with E-state index in [1.807, 2.05) is 19.0 Å². The van der Waals surface area contributed by atoms with Crippen LogP contribution in [0.1, 0.15) is 24.1 Å². The predicted molar refractivity (Wildman–Crippen MR) is 77.3 cm³/mol. The van der Waals surface area contributed by atoms with Crippen LogP contribution in [0, 0.1) is 0 Å². The van der Waals surface area contributed by atoms with E-state index in [2.05, 4.69) is 20.4 Å². The van der Waals surface area contributed by atoms with Crippen LogP contribution >= 0.6 is 0 Å². The standard InChI is InChI=1S/C13H20N6O/c1-18(2)13-16-12-15-10-6-4-3-5-9(10)11(14-7-8-20)19(12)17-13/h14,20H,3-8H2,1-2H3. The molecule has 1 aliphatic rings. The Labute approximate surface area is 117 Å². The average molecular weight is 276 g/mol. The lowest BCUT2D eigenvalue weighted by molar-refractivity contribution is 0.311. The Bertz CT molecular complexity index is 621. The van der Waals surface area contributed by atoms with Crippen LogP contribution in [0.2, 0.25) is 0 Å².